The molecule has 0 saturated heterocycles. The standard InChI is InChI=1S/C10H15NO2S/c1-6-5-9(8(3)14-6)7(2)11-10(12)13-4/h5,7H,1-4H3,(H,11,12). The van der Waals surface area contributed by atoms with Crippen molar-refractivity contribution in [3.63, 3.8) is 0 Å². The van der Waals surface area contributed by atoms with Crippen LogP contribution < -0.4 is 5.32 Å². The third-order valence-electron chi connectivity index (χ3n) is 2.07. The second-order valence-corrected chi connectivity index (χ2v) is 4.69. The van der Waals surface area contributed by atoms with Crippen molar-refractivity contribution in [2.75, 3.05) is 7.11 Å². The van der Waals surface area contributed by atoms with Crippen LogP contribution in [-0.2, 0) is 4.74 Å². The van der Waals surface area contributed by atoms with Crippen LogP contribution in [0.25, 0.3) is 0 Å². The fraction of sp³-hybridized carbons (Fsp3) is 0.500. The van der Waals surface area contributed by atoms with Gasteiger partial charge in [0.1, 0.15) is 0 Å². The molecule has 1 aromatic heterocycles. The Bertz CT molecular complexity index is 333. The first kappa shape index (κ1) is 11.0. The van der Waals surface area contributed by atoms with Crippen LogP contribution in [0, 0.1) is 13.8 Å². The molecule has 0 spiro atoms. The van der Waals surface area contributed by atoms with E-state index >= 15 is 0 Å². The van der Waals surface area contributed by atoms with Gasteiger partial charge in [-0.3, -0.25) is 0 Å². The van der Waals surface area contributed by atoms with Gasteiger partial charge in [0.2, 0.25) is 0 Å². The first-order valence-corrected chi connectivity index (χ1v) is 5.27. The van der Waals surface area contributed by atoms with Gasteiger partial charge < -0.3 is 10.1 Å². The number of methoxy groups -OCH3 is 1. The molecule has 1 amide bonds. The van der Waals surface area contributed by atoms with Crippen molar-refractivity contribution in [1.29, 1.82) is 0 Å². The second-order valence-electron chi connectivity index (χ2n) is 3.23. The first-order chi connectivity index (χ1) is 6.54. The van der Waals surface area contributed by atoms with E-state index in [1.165, 1.54) is 16.9 Å². The van der Waals surface area contributed by atoms with Crippen molar-refractivity contribution in [2.24, 2.45) is 0 Å². The molecule has 0 radical (unpaired) electrons. The average molecular weight is 213 g/mol. The number of thiophene rings is 1. The van der Waals surface area contributed by atoms with E-state index in [9.17, 15) is 4.79 Å². The number of ether oxygens (including phenoxy) is 1. The lowest BCUT2D eigenvalue weighted by Crippen LogP contribution is -2.26. The molecule has 78 valence electrons. The highest BCUT2D eigenvalue weighted by molar-refractivity contribution is 7.12. The summed E-state index contributed by atoms with van der Waals surface area (Å²) in [5.74, 6) is 0. The number of carbonyl (C=O) groups excluding carboxylic acids is 1. The summed E-state index contributed by atoms with van der Waals surface area (Å²) in [5.41, 5.74) is 1.16. The van der Waals surface area contributed by atoms with Crippen LogP contribution in [0.2, 0.25) is 0 Å². The number of carbonyl (C=O) groups is 1. The van der Waals surface area contributed by atoms with Gasteiger partial charge >= 0.3 is 6.09 Å². The maximum atomic E-state index is 11.0. The first-order valence-electron chi connectivity index (χ1n) is 4.46. The molecule has 3 nitrogen and oxygen atoms in total. The van der Waals surface area contributed by atoms with Crippen LogP contribution in [0.4, 0.5) is 4.79 Å². The summed E-state index contributed by atoms with van der Waals surface area (Å²) >= 11 is 1.74. The van der Waals surface area contributed by atoms with E-state index in [1.807, 2.05) is 6.92 Å². The average Bonchev–Trinajstić information content (AvgIpc) is 2.45. The zero-order valence-corrected chi connectivity index (χ0v) is 9.70. The minimum Gasteiger partial charge on any atom is -0.453 e. The smallest absolute Gasteiger partial charge is 0.407 e. The topological polar surface area (TPSA) is 38.3 Å². The van der Waals surface area contributed by atoms with Crippen LogP contribution in [0.15, 0.2) is 6.07 Å². The van der Waals surface area contributed by atoms with Gasteiger partial charge in [-0.05, 0) is 32.4 Å². The largest absolute Gasteiger partial charge is 0.453 e. The summed E-state index contributed by atoms with van der Waals surface area (Å²) in [4.78, 5) is 13.5. The van der Waals surface area contributed by atoms with E-state index < -0.39 is 0 Å². The van der Waals surface area contributed by atoms with Crippen LogP contribution >= 0.6 is 11.3 Å². The molecular formula is C10H15NO2S. The Kier molecular flexibility index (Phi) is 3.52. The quantitative estimate of drug-likeness (QED) is 0.820. The van der Waals surface area contributed by atoms with Gasteiger partial charge in [-0.25, -0.2) is 4.79 Å². The lowest BCUT2D eigenvalue weighted by molar-refractivity contribution is 0.167. The van der Waals surface area contributed by atoms with Crippen LogP contribution in [-0.4, -0.2) is 13.2 Å². The molecule has 1 N–H and O–H groups in total. The molecule has 0 aliphatic rings. The minimum absolute atomic E-state index is 0.00685. The van der Waals surface area contributed by atoms with Crippen LogP contribution in [0.1, 0.15) is 28.3 Å². The highest BCUT2D eigenvalue weighted by atomic mass is 32.1. The Morgan fingerprint density at radius 2 is 2.21 bits per heavy atom. The summed E-state index contributed by atoms with van der Waals surface area (Å²) in [6.45, 7) is 6.07. The van der Waals surface area contributed by atoms with E-state index in [1.54, 1.807) is 11.3 Å². The molecule has 0 aliphatic heterocycles. The van der Waals surface area contributed by atoms with Crippen LogP contribution in [0.5, 0.6) is 0 Å². The lowest BCUT2D eigenvalue weighted by Gasteiger charge is -2.12. The summed E-state index contributed by atoms with van der Waals surface area (Å²) in [5, 5.41) is 2.75. The highest BCUT2D eigenvalue weighted by Gasteiger charge is 2.13. The third-order valence-corrected chi connectivity index (χ3v) is 3.05. The predicted octanol–water partition coefficient (Wildman–Crippen LogP) is 2.78. The normalized spacial score (nSPS) is 12.3. The highest BCUT2D eigenvalue weighted by Crippen LogP contribution is 2.25. The Labute approximate surface area is 88.1 Å². The molecule has 1 rings (SSSR count). The Balaban J connectivity index is 2.73. The molecule has 0 fully saturated rings. The Hall–Kier alpha value is -1.03. The molecule has 1 unspecified atom stereocenters. The number of aryl methyl sites for hydroxylation is 2. The number of nitrogens with one attached hydrogen (secondary N) is 1. The Morgan fingerprint density at radius 3 is 2.64 bits per heavy atom. The molecule has 14 heavy (non-hydrogen) atoms. The van der Waals surface area contributed by atoms with Crippen molar-refractivity contribution in [2.45, 2.75) is 26.8 Å². The van der Waals surface area contributed by atoms with E-state index in [0.717, 1.165) is 5.56 Å². The number of hydrogen-bond acceptors (Lipinski definition) is 3. The molecule has 0 aromatic carbocycles. The van der Waals surface area contributed by atoms with Crippen molar-refractivity contribution in [3.8, 4) is 0 Å². The van der Waals surface area contributed by atoms with Crippen LogP contribution in [0.3, 0.4) is 0 Å². The van der Waals surface area contributed by atoms with Crippen molar-refractivity contribution >= 4 is 17.4 Å². The molecule has 0 bridgehead atoms. The van der Waals surface area contributed by atoms with Gasteiger partial charge in [0.05, 0.1) is 13.2 Å². The van der Waals surface area contributed by atoms with Gasteiger partial charge in [0, 0.05) is 9.75 Å². The Morgan fingerprint density at radius 1 is 1.57 bits per heavy atom. The molecule has 4 heteroatoms. The summed E-state index contributed by atoms with van der Waals surface area (Å²) in [7, 11) is 1.37. The van der Waals surface area contributed by atoms with E-state index in [-0.39, 0.29) is 12.1 Å². The van der Waals surface area contributed by atoms with Gasteiger partial charge in [0.25, 0.3) is 0 Å². The molecule has 0 aliphatic carbocycles. The van der Waals surface area contributed by atoms with Gasteiger partial charge in [0.15, 0.2) is 0 Å². The number of amides is 1. The summed E-state index contributed by atoms with van der Waals surface area (Å²) < 4.78 is 4.54. The monoisotopic (exact) mass is 213 g/mol. The summed E-state index contributed by atoms with van der Waals surface area (Å²) in [6, 6.07) is 2.10. The fourth-order valence-corrected chi connectivity index (χ4v) is 2.42. The van der Waals surface area contributed by atoms with E-state index in [0.29, 0.717) is 0 Å². The predicted molar refractivity (Wildman–Crippen MR) is 57.7 cm³/mol. The second kappa shape index (κ2) is 4.46. The zero-order chi connectivity index (χ0) is 10.7. The van der Waals surface area contributed by atoms with E-state index in [4.69, 9.17) is 0 Å². The van der Waals surface area contributed by atoms with Gasteiger partial charge in [-0.15, -0.1) is 11.3 Å². The van der Waals surface area contributed by atoms with Gasteiger partial charge in [-0.2, -0.15) is 0 Å². The number of rotatable bonds is 2. The molecule has 1 atom stereocenters. The third kappa shape index (κ3) is 2.48. The minimum atomic E-state index is -0.388. The van der Waals surface area contributed by atoms with Gasteiger partial charge in [-0.1, -0.05) is 0 Å². The van der Waals surface area contributed by atoms with E-state index in [2.05, 4.69) is 30.0 Å². The maximum absolute atomic E-state index is 11.0. The number of hydrogen-bond donors (Lipinski definition) is 1. The number of alkyl carbamates (subject to hydrolysis) is 1. The SMILES string of the molecule is COC(=O)NC(C)c1cc(C)sc1C. The lowest BCUT2D eigenvalue weighted by atomic mass is 10.1. The zero-order valence-electron chi connectivity index (χ0n) is 8.88. The van der Waals surface area contributed by atoms with Crippen molar-refractivity contribution in [3.05, 3.63) is 21.4 Å². The molecule has 1 aromatic rings. The molecule has 1 heterocycles. The maximum Gasteiger partial charge on any atom is 0.407 e. The fourth-order valence-electron chi connectivity index (χ4n) is 1.39. The van der Waals surface area contributed by atoms with Crippen molar-refractivity contribution < 1.29 is 9.53 Å². The van der Waals surface area contributed by atoms with Crippen molar-refractivity contribution in [1.82, 2.24) is 5.32 Å². The molecule has 0 saturated carbocycles. The molecular weight excluding hydrogens is 198 g/mol. The summed E-state index contributed by atoms with van der Waals surface area (Å²) in [6.07, 6.45) is -0.388.